The molecule has 3 rings (SSSR count). The first-order chi connectivity index (χ1) is 8.81. The maximum atomic E-state index is 5.88. The van der Waals surface area contributed by atoms with Crippen molar-refractivity contribution in [1.29, 1.82) is 0 Å². The molecular formula is C14H16ClN3. The number of nitrogens with zero attached hydrogens (tertiary/aromatic N) is 1. The summed E-state index contributed by atoms with van der Waals surface area (Å²) in [5.41, 5.74) is 2.18. The predicted octanol–water partition coefficient (Wildman–Crippen LogP) is 3.02. The van der Waals surface area contributed by atoms with Gasteiger partial charge < -0.3 is 10.3 Å². The predicted molar refractivity (Wildman–Crippen MR) is 73.8 cm³/mol. The zero-order valence-corrected chi connectivity index (χ0v) is 10.9. The van der Waals surface area contributed by atoms with Crippen molar-refractivity contribution in [3.8, 4) is 11.3 Å². The average Bonchev–Trinajstić information content (AvgIpc) is 3.02. The topological polar surface area (TPSA) is 40.7 Å². The second-order valence-electron chi connectivity index (χ2n) is 4.75. The van der Waals surface area contributed by atoms with Gasteiger partial charge >= 0.3 is 0 Å². The lowest BCUT2D eigenvalue weighted by Gasteiger charge is -2.06. The third-order valence-corrected chi connectivity index (χ3v) is 3.64. The van der Waals surface area contributed by atoms with Crippen molar-refractivity contribution in [2.45, 2.75) is 25.3 Å². The van der Waals surface area contributed by atoms with Gasteiger partial charge in [0.2, 0.25) is 0 Å². The van der Waals surface area contributed by atoms with Crippen molar-refractivity contribution in [2.24, 2.45) is 0 Å². The average molecular weight is 262 g/mol. The smallest absolute Gasteiger partial charge is 0.108 e. The molecule has 94 valence electrons. The summed E-state index contributed by atoms with van der Waals surface area (Å²) in [5.74, 6) is 1.05. The number of benzene rings is 1. The molecule has 0 aliphatic carbocycles. The lowest BCUT2D eigenvalue weighted by atomic mass is 10.1. The van der Waals surface area contributed by atoms with Crippen LogP contribution in [-0.4, -0.2) is 22.6 Å². The number of aromatic amines is 1. The van der Waals surface area contributed by atoms with E-state index in [1.165, 1.54) is 12.8 Å². The summed E-state index contributed by atoms with van der Waals surface area (Å²) in [5, 5.41) is 4.24. The van der Waals surface area contributed by atoms with E-state index in [-0.39, 0.29) is 0 Å². The molecule has 3 nitrogen and oxygen atoms in total. The SMILES string of the molecule is Clc1ccc(-c2cnc(CC3CCCN3)[nH]2)cc1. The Hall–Kier alpha value is -1.32. The summed E-state index contributed by atoms with van der Waals surface area (Å²) >= 11 is 5.88. The van der Waals surface area contributed by atoms with Crippen LogP contribution >= 0.6 is 11.6 Å². The van der Waals surface area contributed by atoms with E-state index < -0.39 is 0 Å². The fraction of sp³-hybridized carbons (Fsp3) is 0.357. The van der Waals surface area contributed by atoms with E-state index >= 15 is 0 Å². The van der Waals surface area contributed by atoms with Gasteiger partial charge in [-0.3, -0.25) is 0 Å². The quantitative estimate of drug-likeness (QED) is 0.892. The van der Waals surface area contributed by atoms with Crippen LogP contribution in [0.2, 0.25) is 5.02 Å². The van der Waals surface area contributed by atoms with Gasteiger partial charge in [-0.25, -0.2) is 4.98 Å². The highest BCUT2D eigenvalue weighted by Gasteiger charge is 2.16. The van der Waals surface area contributed by atoms with E-state index in [0.29, 0.717) is 6.04 Å². The van der Waals surface area contributed by atoms with Crippen LogP contribution in [0, 0.1) is 0 Å². The highest BCUT2D eigenvalue weighted by molar-refractivity contribution is 6.30. The molecule has 18 heavy (non-hydrogen) atoms. The van der Waals surface area contributed by atoms with E-state index in [1.54, 1.807) is 0 Å². The Morgan fingerprint density at radius 2 is 2.11 bits per heavy atom. The summed E-state index contributed by atoms with van der Waals surface area (Å²) in [6, 6.07) is 8.39. The Morgan fingerprint density at radius 3 is 2.83 bits per heavy atom. The van der Waals surface area contributed by atoms with Gasteiger partial charge in [-0.05, 0) is 37.1 Å². The van der Waals surface area contributed by atoms with Crippen LogP contribution in [0.5, 0.6) is 0 Å². The van der Waals surface area contributed by atoms with Crippen LogP contribution in [0.15, 0.2) is 30.5 Å². The van der Waals surface area contributed by atoms with Crippen LogP contribution in [0.4, 0.5) is 0 Å². The van der Waals surface area contributed by atoms with E-state index in [4.69, 9.17) is 11.6 Å². The van der Waals surface area contributed by atoms with Crippen LogP contribution < -0.4 is 5.32 Å². The van der Waals surface area contributed by atoms with Gasteiger partial charge in [0.05, 0.1) is 11.9 Å². The monoisotopic (exact) mass is 261 g/mol. The minimum absolute atomic E-state index is 0.578. The lowest BCUT2D eigenvalue weighted by molar-refractivity contribution is 0.589. The minimum atomic E-state index is 0.578. The van der Waals surface area contributed by atoms with E-state index in [1.807, 2.05) is 30.5 Å². The molecule has 1 fully saturated rings. The Kier molecular flexibility index (Phi) is 3.35. The Balaban J connectivity index is 1.74. The molecule has 1 aromatic heterocycles. The van der Waals surface area contributed by atoms with Gasteiger partial charge in [-0.15, -0.1) is 0 Å². The van der Waals surface area contributed by atoms with Gasteiger partial charge in [0.15, 0.2) is 0 Å². The van der Waals surface area contributed by atoms with Crippen molar-refractivity contribution >= 4 is 11.6 Å². The third kappa shape index (κ3) is 2.57. The molecule has 1 atom stereocenters. The van der Waals surface area contributed by atoms with E-state index in [0.717, 1.165) is 35.1 Å². The fourth-order valence-corrected chi connectivity index (χ4v) is 2.53. The van der Waals surface area contributed by atoms with Crippen molar-refractivity contribution in [1.82, 2.24) is 15.3 Å². The van der Waals surface area contributed by atoms with Crippen molar-refractivity contribution in [3.63, 3.8) is 0 Å². The van der Waals surface area contributed by atoms with Crippen LogP contribution in [0.1, 0.15) is 18.7 Å². The standard InChI is InChI=1S/C14H16ClN3/c15-11-5-3-10(4-6-11)13-9-17-14(18-13)8-12-2-1-7-16-12/h3-6,9,12,16H,1-2,7-8H2,(H,17,18). The zero-order chi connectivity index (χ0) is 12.4. The highest BCUT2D eigenvalue weighted by atomic mass is 35.5. The molecule has 2 N–H and O–H groups in total. The van der Waals surface area contributed by atoms with E-state index in [2.05, 4.69) is 15.3 Å². The van der Waals surface area contributed by atoms with Crippen LogP contribution in [-0.2, 0) is 6.42 Å². The highest BCUT2D eigenvalue weighted by Crippen LogP contribution is 2.20. The first-order valence-electron chi connectivity index (χ1n) is 6.34. The Bertz CT molecular complexity index is 512. The zero-order valence-electron chi connectivity index (χ0n) is 10.1. The van der Waals surface area contributed by atoms with Gasteiger partial charge in [0.25, 0.3) is 0 Å². The molecular weight excluding hydrogens is 246 g/mol. The number of H-pyrrole nitrogens is 1. The van der Waals surface area contributed by atoms with Crippen molar-refractivity contribution in [3.05, 3.63) is 41.3 Å². The molecule has 0 spiro atoms. The fourth-order valence-electron chi connectivity index (χ4n) is 2.41. The number of hydrogen-bond acceptors (Lipinski definition) is 2. The van der Waals surface area contributed by atoms with Crippen molar-refractivity contribution in [2.75, 3.05) is 6.54 Å². The number of rotatable bonds is 3. The maximum absolute atomic E-state index is 5.88. The minimum Gasteiger partial charge on any atom is -0.342 e. The summed E-state index contributed by atoms with van der Waals surface area (Å²) < 4.78 is 0. The number of aromatic nitrogens is 2. The lowest BCUT2D eigenvalue weighted by Crippen LogP contribution is -2.24. The number of nitrogens with one attached hydrogen (secondary N) is 2. The van der Waals surface area contributed by atoms with Crippen LogP contribution in [0.25, 0.3) is 11.3 Å². The summed E-state index contributed by atoms with van der Waals surface area (Å²) in [4.78, 5) is 7.83. The third-order valence-electron chi connectivity index (χ3n) is 3.39. The molecule has 1 unspecified atom stereocenters. The second-order valence-corrected chi connectivity index (χ2v) is 5.18. The molecule has 4 heteroatoms. The number of imidazole rings is 1. The molecule has 1 aliphatic heterocycles. The molecule has 0 saturated carbocycles. The first kappa shape index (κ1) is 11.8. The summed E-state index contributed by atoms with van der Waals surface area (Å²) in [7, 11) is 0. The largest absolute Gasteiger partial charge is 0.342 e. The Labute approximate surface area is 112 Å². The molecule has 2 heterocycles. The molecule has 1 aromatic carbocycles. The first-order valence-corrected chi connectivity index (χ1v) is 6.72. The number of hydrogen-bond donors (Lipinski definition) is 2. The summed E-state index contributed by atoms with van der Waals surface area (Å²) in [6.07, 6.45) is 5.40. The van der Waals surface area contributed by atoms with Gasteiger partial charge in [0, 0.05) is 17.5 Å². The van der Waals surface area contributed by atoms with Gasteiger partial charge in [0.1, 0.15) is 5.82 Å². The molecule has 1 saturated heterocycles. The molecule has 0 radical (unpaired) electrons. The van der Waals surface area contributed by atoms with Gasteiger partial charge in [-0.2, -0.15) is 0 Å². The second kappa shape index (κ2) is 5.12. The molecule has 0 bridgehead atoms. The Morgan fingerprint density at radius 1 is 1.28 bits per heavy atom. The normalized spacial score (nSPS) is 19.3. The molecule has 0 amide bonds. The number of halogens is 1. The van der Waals surface area contributed by atoms with E-state index in [9.17, 15) is 0 Å². The van der Waals surface area contributed by atoms with Crippen LogP contribution in [0.3, 0.4) is 0 Å². The van der Waals surface area contributed by atoms with Crippen molar-refractivity contribution < 1.29 is 0 Å². The van der Waals surface area contributed by atoms with Gasteiger partial charge in [-0.1, -0.05) is 23.7 Å². The molecule has 2 aromatic rings. The summed E-state index contributed by atoms with van der Waals surface area (Å²) in [6.45, 7) is 1.13. The maximum Gasteiger partial charge on any atom is 0.108 e. The molecule has 1 aliphatic rings.